The Labute approximate surface area is 191 Å². The molecule has 0 aliphatic carbocycles. The largest absolute Gasteiger partial charge is 0.447 e. The van der Waals surface area contributed by atoms with Crippen molar-refractivity contribution < 1.29 is 22.4 Å². The van der Waals surface area contributed by atoms with Gasteiger partial charge in [0.05, 0.1) is 12.1 Å². The Morgan fingerprint density at radius 2 is 1.73 bits per heavy atom. The van der Waals surface area contributed by atoms with Crippen molar-refractivity contribution in [1.29, 1.82) is 0 Å². The number of aromatic nitrogens is 1. The molecule has 0 fully saturated rings. The Balaban J connectivity index is 1.87. The Morgan fingerprint density at radius 1 is 1.06 bits per heavy atom. The lowest BCUT2D eigenvalue weighted by molar-refractivity contribution is -0.138. The van der Waals surface area contributed by atoms with Gasteiger partial charge in [0, 0.05) is 18.6 Å². The molecule has 0 unspecified atom stereocenters. The summed E-state index contributed by atoms with van der Waals surface area (Å²) in [6.07, 6.45) is -2.40. The van der Waals surface area contributed by atoms with E-state index >= 15 is 0 Å². The smallest absolute Gasteiger partial charge is 0.416 e. The predicted molar refractivity (Wildman–Crippen MR) is 119 cm³/mol. The maximum absolute atomic E-state index is 13.6. The lowest BCUT2D eigenvalue weighted by Crippen LogP contribution is -2.32. The van der Waals surface area contributed by atoms with Crippen LogP contribution in [0, 0.1) is 0 Å². The Hall–Kier alpha value is -3.13. The number of oxazole rings is 1. The maximum atomic E-state index is 13.6. The summed E-state index contributed by atoms with van der Waals surface area (Å²) < 4.78 is 46.3. The first-order valence-corrected chi connectivity index (χ1v) is 10.9. The van der Waals surface area contributed by atoms with Crippen LogP contribution in [0.3, 0.4) is 0 Å². The molecule has 0 aliphatic heterocycles. The molecule has 1 N–H and O–H groups in total. The van der Waals surface area contributed by atoms with E-state index in [0.717, 1.165) is 18.1 Å². The van der Waals surface area contributed by atoms with E-state index in [1.807, 2.05) is 56.0 Å². The van der Waals surface area contributed by atoms with Gasteiger partial charge in [-0.25, -0.2) is 4.98 Å². The van der Waals surface area contributed by atoms with Crippen LogP contribution >= 0.6 is 0 Å². The molecule has 2 atom stereocenters. The summed E-state index contributed by atoms with van der Waals surface area (Å²) in [6, 6.07) is 14.8. The van der Waals surface area contributed by atoms with Crippen molar-refractivity contribution in [3.05, 3.63) is 89.1 Å². The van der Waals surface area contributed by atoms with E-state index < -0.39 is 11.7 Å². The summed E-state index contributed by atoms with van der Waals surface area (Å²) in [5.74, 6) is -0.0824. The van der Waals surface area contributed by atoms with Gasteiger partial charge in [-0.15, -0.1) is 0 Å². The minimum absolute atomic E-state index is 0.00822. The minimum atomic E-state index is -4.46. The number of carbonyl (C=O) groups excluding carboxylic acids is 1. The first-order chi connectivity index (χ1) is 15.7. The third kappa shape index (κ3) is 6.44. The standard InChI is InChI=1S/C25H28F3N3O2/c1-4-17(2)29-24(32)22-16-33-23(30-22)15-31(18(3)19-10-6-5-7-11-19)14-20-12-8-9-13-21(20)25(26,27)28/h5-13,16-18H,4,14-15H2,1-3H3,(H,29,32)/t17-,18-/m1/s1. The highest BCUT2D eigenvalue weighted by molar-refractivity contribution is 5.92. The van der Waals surface area contributed by atoms with E-state index in [9.17, 15) is 18.0 Å². The van der Waals surface area contributed by atoms with Gasteiger partial charge in [-0.3, -0.25) is 9.69 Å². The Bertz CT molecular complexity index is 1050. The van der Waals surface area contributed by atoms with Crippen LogP contribution in [0.5, 0.6) is 0 Å². The topological polar surface area (TPSA) is 58.4 Å². The van der Waals surface area contributed by atoms with Crippen LogP contribution in [0.25, 0.3) is 0 Å². The van der Waals surface area contributed by atoms with E-state index in [2.05, 4.69) is 10.3 Å². The van der Waals surface area contributed by atoms with Crippen LogP contribution < -0.4 is 5.32 Å². The number of rotatable bonds is 9. The van der Waals surface area contributed by atoms with Gasteiger partial charge in [0.25, 0.3) is 5.91 Å². The fourth-order valence-corrected chi connectivity index (χ4v) is 3.49. The van der Waals surface area contributed by atoms with Crippen molar-refractivity contribution in [3.63, 3.8) is 0 Å². The van der Waals surface area contributed by atoms with Crippen molar-refractivity contribution in [3.8, 4) is 0 Å². The second kappa shape index (κ2) is 10.7. The van der Waals surface area contributed by atoms with Crippen molar-refractivity contribution in [2.45, 2.75) is 58.5 Å². The minimum Gasteiger partial charge on any atom is -0.447 e. The Kier molecular flexibility index (Phi) is 7.92. The van der Waals surface area contributed by atoms with Crippen molar-refractivity contribution in [2.75, 3.05) is 0 Å². The molecule has 3 aromatic rings. The molecule has 176 valence electrons. The van der Waals surface area contributed by atoms with Crippen LogP contribution in [0.15, 0.2) is 65.3 Å². The van der Waals surface area contributed by atoms with E-state index in [1.54, 1.807) is 6.07 Å². The fraction of sp³-hybridized carbons (Fsp3) is 0.360. The third-order valence-electron chi connectivity index (χ3n) is 5.64. The molecule has 0 bridgehead atoms. The molecule has 0 radical (unpaired) electrons. The van der Waals surface area contributed by atoms with E-state index in [4.69, 9.17) is 4.42 Å². The zero-order valence-electron chi connectivity index (χ0n) is 18.9. The lowest BCUT2D eigenvalue weighted by atomic mass is 10.0. The number of alkyl halides is 3. The van der Waals surface area contributed by atoms with Crippen LogP contribution in [0.2, 0.25) is 0 Å². The van der Waals surface area contributed by atoms with E-state index in [0.29, 0.717) is 0 Å². The molecule has 1 heterocycles. The quantitative estimate of drug-likeness (QED) is 0.427. The summed E-state index contributed by atoms with van der Waals surface area (Å²) in [6.45, 7) is 5.94. The van der Waals surface area contributed by atoms with Gasteiger partial charge in [-0.1, -0.05) is 55.5 Å². The number of benzene rings is 2. The highest BCUT2D eigenvalue weighted by atomic mass is 19.4. The molecule has 1 amide bonds. The summed E-state index contributed by atoms with van der Waals surface area (Å²) >= 11 is 0. The summed E-state index contributed by atoms with van der Waals surface area (Å²) in [4.78, 5) is 18.5. The SMILES string of the molecule is CC[C@@H](C)NC(=O)c1coc(CN(Cc2ccccc2C(F)(F)F)[C@H](C)c2ccccc2)n1. The fourth-order valence-electron chi connectivity index (χ4n) is 3.49. The van der Waals surface area contributed by atoms with Crippen molar-refractivity contribution in [2.24, 2.45) is 0 Å². The third-order valence-corrected chi connectivity index (χ3v) is 5.64. The summed E-state index contributed by atoms with van der Waals surface area (Å²) in [7, 11) is 0. The second-order valence-electron chi connectivity index (χ2n) is 8.06. The zero-order chi connectivity index (χ0) is 24.0. The molecule has 0 saturated heterocycles. The van der Waals surface area contributed by atoms with Gasteiger partial charge in [0.15, 0.2) is 5.69 Å². The van der Waals surface area contributed by atoms with Crippen LogP contribution in [-0.2, 0) is 19.3 Å². The van der Waals surface area contributed by atoms with Gasteiger partial charge in [0.1, 0.15) is 6.26 Å². The number of halogens is 3. The lowest BCUT2D eigenvalue weighted by Gasteiger charge is -2.29. The summed E-state index contributed by atoms with van der Waals surface area (Å²) in [5.41, 5.74) is 0.585. The molecule has 3 rings (SSSR count). The number of carbonyl (C=O) groups is 1. The molecule has 0 saturated carbocycles. The van der Waals surface area contributed by atoms with Gasteiger partial charge in [0.2, 0.25) is 5.89 Å². The molecule has 2 aromatic carbocycles. The molecule has 5 nitrogen and oxygen atoms in total. The number of hydrogen-bond donors (Lipinski definition) is 1. The summed E-state index contributed by atoms with van der Waals surface area (Å²) in [5, 5.41) is 2.82. The monoisotopic (exact) mass is 459 g/mol. The predicted octanol–water partition coefficient (Wildman–Crippen LogP) is 5.99. The van der Waals surface area contributed by atoms with Crippen molar-refractivity contribution >= 4 is 5.91 Å². The highest BCUT2D eigenvalue weighted by Gasteiger charge is 2.34. The van der Waals surface area contributed by atoms with E-state index in [1.165, 1.54) is 18.4 Å². The van der Waals surface area contributed by atoms with Crippen LogP contribution in [0.4, 0.5) is 13.2 Å². The second-order valence-corrected chi connectivity index (χ2v) is 8.06. The average Bonchev–Trinajstić information content (AvgIpc) is 3.27. The Morgan fingerprint density at radius 3 is 2.39 bits per heavy atom. The first-order valence-electron chi connectivity index (χ1n) is 10.9. The maximum Gasteiger partial charge on any atom is 0.416 e. The van der Waals surface area contributed by atoms with Gasteiger partial charge in [-0.05, 0) is 37.5 Å². The molecule has 0 spiro atoms. The first kappa shape index (κ1) is 24.5. The van der Waals surface area contributed by atoms with E-state index in [-0.39, 0.29) is 48.2 Å². The number of nitrogens with zero attached hydrogens (tertiary/aromatic N) is 2. The molecule has 33 heavy (non-hydrogen) atoms. The molecular weight excluding hydrogens is 431 g/mol. The van der Waals surface area contributed by atoms with Crippen LogP contribution in [-0.4, -0.2) is 21.8 Å². The van der Waals surface area contributed by atoms with Crippen LogP contribution in [0.1, 0.15) is 66.3 Å². The normalized spacial score (nSPS) is 13.7. The number of amides is 1. The van der Waals surface area contributed by atoms with Gasteiger partial charge < -0.3 is 9.73 Å². The number of nitrogens with one attached hydrogen (secondary N) is 1. The van der Waals surface area contributed by atoms with Gasteiger partial charge in [-0.2, -0.15) is 13.2 Å². The number of hydrogen-bond acceptors (Lipinski definition) is 4. The molecule has 8 heteroatoms. The van der Waals surface area contributed by atoms with Gasteiger partial charge >= 0.3 is 6.18 Å². The average molecular weight is 460 g/mol. The molecular formula is C25H28F3N3O2. The zero-order valence-corrected chi connectivity index (χ0v) is 18.9. The molecule has 1 aromatic heterocycles. The van der Waals surface area contributed by atoms with Crippen molar-refractivity contribution in [1.82, 2.24) is 15.2 Å². The highest BCUT2D eigenvalue weighted by Crippen LogP contribution is 2.34. The molecule has 0 aliphatic rings.